The van der Waals surface area contributed by atoms with Gasteiger partial charge in [-0.15, -0.1) is 0 Å². The monoisotopic (exact) mass is 254 g/mol. The maximum Gasteiger partial charge on any atom is 0.0635 e. The van der Waals surface area contributed by atoms with Crippen molar-refractivity contribution in [2.45, 2.75) is 12.6 Å². The van der Waals surface area contributed by atoms with Crippen molar-refractivity contribution in [2.75, 3.05) is 33.4 Å². The first-order chi connectivity index (χ1) is 8.29. The van der Waals surface area contributed by atoms with Crippen LogP contribution in [-0.2, 0) is 11.3 Å². The van der Waals surface area contributed by atoms with Crippen LogP contribution >= 0.6 is 11.6 Å². The van der Waals surface area contributed by atoms with Gasteiger partial charge in [0.25, 0.3) is 0 Å². The van der Waals surface area contributed by atoms with Crippen molar-refractivity contribution < 1.29 is 4.74 Å². The summed E-state index contributed by atoms with van der Waals surface area (Å²) in [5, 5.41) is 4.01. The third-order valence-corrected chi connectivity index (χ3v) is 3.34. The smallest absolute Gasteiger partial charge is 0.0635 e. The fourth-order valence-electron chi connectivity index (χ4n) is 2.15. The van der Waals surface area contributed by atoms with Crippen LogP contribution < -0.4 is 5.32 Å². The van der Waals surface area contributed by atoms with Crippen molar-refractivity contribution in [2.24, 2.45) is 0 Å². The lowest BCUT2D eigenvalue weighted by Crippen LogP contribution is -2.49. The maximum absolute atomic E-state index is 5.89. The molecule has 1 aliphatic rings. The van der Waals surface area contributed by atoms with Gasteiger partial charge in [-0.2, -0.15) is 0 Å². The molecule has 1 aromatic rings. The highest BCUT2D eigenvalue weighted by molar-refractivity contribution is 6.30. The van der Waals surface area contributed by atoms with Crippen molar-refractivity contribution in [3.8, 4) is 0 Å². The summed E-state index contributed by atoms with van der Waals surface area (Å²) in [4.78, 5) is 2.46. The molecule has 1 atom stereocenters. The molecule has 94 valence electrons. The molecular formula is C13H19ClN2O. The lowest BCUT2D eigenvalue weighted by Gasteiger charge is -2.35. The Morgan fingerprint density at radius 1 is 1.41 bits per heavy atom. The van der Waals surface area contributed by atoms with Gasteiger partial charge in [0.1, 0.15) is 0 Å². The number of hydrogen-bond acceptors (Lipinski definition) is 3. The third kappa shape index (κ3) is 3.68. The summed E-state index contributed by atoms with van der Waals surface area (Å²) in [5.74, 6) is 0. The minimum atomic E-state index is 0.462. The summed E-state index contributed by atoms with van der Waals surface area (Å²) in [5.41, 5.74) is 1.30. The van der Waals surface area contributed by atoms with Gasteiger partial charge in [0.05, 0.1) is 13.2 Å². The van der Waals surface area contributed by atoms with Crippen LogP contribution in [-0.4, -0.2) is 44.3 Å². The van der Waals surface area contributed by atoms with Crippen LogP contribution in [0, 0.1) is 0 Å². The Bertz CT molecular complexity index is 340. The Morgan fingerprint density at radius 3 is 2.88 bits per heavy atom. The van der Waals surface area contributed by atoms with E-state index in [0.29, 0.717) is 6.04 Å². The van der Waals surface area contributed by atoms with Crippen LogP contribution in [0.3, 0.4) is 0 Å². The summed E-state index contributed by atoms with van der Waals surface area (Å²) >= 11 is 5.89. The molecule has 0 saturated carbocycles. The number of benzene rings is 1. The number of rotatable bonds is 4. The van der Waals surface area contributed by atoms with Crippen LogP contribution in [0.15, 0.2) is 24.3 Å². The van der Waals surface area contributed by atoms with Crippen LogP contribution in [0.2, 0.25) is 5.02 Å². The second kappa shape index (κ2) is 6.36. The van der Waals surface area contributed by atoms with Gasteiger partial charge < -0.3 is 10.1 Å². The van der Waals surface area contributed by atoms with E-state index in [9.17, 15) is 0 Å². The molecule has 1 unspecified atom stereocenters. The van der Waals surface area contributed by atoms with Crippen LogP contribution in [0.25, 0.3) is 0 Å². The van der Waals surface area contributed by atoms with Crippen molar-refractivity contribution in [1.82, 2.24) is 10.2 Å². The van der Waals surface area contributed by atoms with Crippen LogP contribution in [0.5, 0.6) is 0 Å². The van der Waals surface area contributed by atoms with E-state index in [4.69, 9.17) is 16.3 Å². The van der Waals surface area contributed by atoms with Crippen LogP contribution in [0.1, 0.15) is 5.56 Å². The Labute approximate surface area is 108 Å². The standard InChI is InChI=1S/C13H19ClN2O/c1-15-8-13-10-17-7-6-16(13)9-11-2-4-12(14)5-3-11/h2-5,13,15H,6-10H2,1H3. The maximum atomic E-state index is 5.89. The molecule has 0 aromatic heterocycles. The number of morpholine rings is 1. The van der Waals surface area contributed by atoms with Gasteiger partial charge in [-0.25, -0.2) is 0 Å². The minimum absolute atomic E-state index is 0.462. The highest BCUT2D eigenvalue weighted by Gasteiger charge is 2.22. The van der Waals surface area contributed by atoms with Gasteiger partial charge in [0.15, 0.2) is 0 Å². The van der Waals surface area contributed by atoms with Gasteiger partial charge in [-0.05, 0) is 24.7 Å². The van der Waals surface area contributed by atoms with E-state index in [0.717, 1.165) is 37.9 Å². The molecule has 1 fully saturated rings. The lowest BCUT2D eigenvalue weighted by atomic mass is 10.1. The molecule has 1 N–H and O–H groups in total. The Kier molecular flexibility index (Phi) is 4.80. The van der Waals surface area contributed by atoms with Crippen molar-refractivity contribution >= 4 is 11.6 Å². The molecule has 0 amide bonds. The van der Waals surface area contributed by atoms with E-state index in [1.807, 2.05) is 19.2 Å². The zero-order valence-corrected chi connectivity index (χ0v) is 10.9. The summed E-state index contributed by atoms with van der Waals surface area (Å²) in [7, 11) is 1.98. The minimum Gasteiger partial charge on any atom is -0.378 e. The van der Waals surface area contributed by atoms with Crippen molar-refractivity contribution in [3.63, 3.8) is 0 Å². The Morgan fingerprint density at radius 2 is 2.18 bits per heavy atom. The molecule has 3 nitrogen and oxygen atoms in total. The highest BCUT2D eigenvalue weighted by Crippen LogP contribution is 2.14. The number of ether oxygens (including phenoxy) is 1. The zero-order valence-electron chi connectivity index (χ0n) is 10.2. The quantitative estimate of drug-likeness (QED) is 0.886. The summed E-state index contributed by atoms with van der Waals surface area (Å²) < 4.78 is 5.52. The van der Waals surface area contributed by atoms with E-state index < -0.39 is 0 Å². The summed E-state index contributed by atoms with van der Waals surface area (Å²) in [6.45, 7) is 4.57. The molecule has 1 heterocycles. The Hall–Kier alpha value is -0.610. The molecule has 1 aromatic carbocycles. The van der Waals surface area contributed by atoms with Crippen molar-refractivity contribution in [1.29, 1.82) is 0 Å². The zero-order chi connectivity index (χ0) is 12.1. The molecule has 2 rings (SSSR count). The largest absolute Gasteiger partial charge is 0.378 e. The first-order valence-electron chi connectivity index (χ1n) is 6.00. The average molecular weight is 255 g/mol. The number of hydrogen-bond donors (Lipinski definition) is 1. The van der Waals surface area contributed by atoms with E-state index in [1.54, 1.807) is 0 Å². The predicted octanol–water partition coefficient (Wildman–Crippen LogP) is 1.76. The van der Waals surface area contributed by atoms with Gasteiger partial charge in [-0.3, -0.25) is 4.90 Å². The topological polar surface area (TPSA) is 24.5 Å². The second-order valence-corrected chi connectivity index (χ2v) is 4.82. The molecule has 4 heteroatoms. The van der Waals surface area contributed by atoms with Gasteiger partial charge in [0, 0.05) is 30.7 Å². The SMILES string of the molecule is CNCC1COCCN1Cc1ccc(Cl)cc1. The highest BCUT2D eigenvalue weighted by atomic mass is 35.5. The Balaban J connectivity index is 1.97. The average Bonchev–Trinajstić information content (AvgIpc) is 2.35. The van der Waals surface area contributed by atoms with Gasteiger partial charge in [-0.1, -0.05) is 23.7 Å². The third-order valence-electron chi connectivity index (χ3n) is 3.09. The summed E-state index contributed by atoms with van der Waals surface area (Å²) in [6.07, 6.45) is 0. The fraction of sp³-hybridized carbons (Fsp3) is 0.538. The number of nitrogens with one attached hydrogen (secondary N) is 1. The van der Waals surface area contributed by atoms with Crippen molar-refractivity contribution in [3.05, 3.63) is 34.9 Å². The molecule has 0 spiro atoms. The normalized spacial score (nSPS) is 21.6. The van der Waals surface area contributed by atoms with Gasteiger partial charge in [0.2, 0.25) is 0 Å². The molecule has 17 heavy (non-hydrogen) atoms. The molecule has 1 aliphatic heterocycles. The summed E-state index contributed by atoms with van der Waals surface area (Å²) in [6, 6.07) is 8.54. The van der Waals surface area contributed by atoms with E-state index in [2.05, 4.69) is 22.3 Å². The molecular weight excluding hydrogens is 236 g/mol. The van der Waals surface area contributed by atoms with Crippen LogP contribution in [0.4, 0.5) is 0 Å². The molecule has 1 saturated heterocycles. The molecule has 0 radical (unpaired) electrons. The lowest BCUT2D eigenvalue weighted by molar-refractivity contribution is -0.0103. The number of nitrogens with zero attached hydrogens (tertiary/aromatic N) is 1. The first kappa shape index (κ1) is 12.8. The number of halogens is 1. The second-order valence-electron chi connectivity index (χ2n) is 4.38. The van der Waals surface area contributed by atoms with E-state index in [-0.39, 0.29) is 0 Å². The van der Waals surface area contributed by atoms with E-state index >= 15 is 0 Å². The first-order valence-corrected chi connectivity index (χ1v) is 6.38. The fourth-order valence-corrected chi connectivity index (χ4v) is 2.27. The number of likely N-dealkylation sites (N-methyl/N-ethyl adjacent to an activating group) is 1. The molecule has 0 bridgehead atoms. The van der Waals surface area contributed by atoms with E-state index in [1.165, 1.54) is 5.56 Å². The predicted molar refractivity (Wildman–Crippen MR) is 70.4 cm³/mol. The molecule has 0 aliphatic carbocycles. The van der Waals surface area contributed by atoms with Gasteiger partial charge >= 0.3 is 0 Å².